The van der Waals surface area contributed by atoms with Crippen LogP contribution in [0.5, 0.6) is 11.5 Å². The molecule has 0 spiro atoms. The molecule has 1 heterocycles. The van der Waals surface area contributed by atoms with Gasteiger partial charge in [-0.05, 0) is 65.9 Å². The number of carbonyl (C=O) groups excluding carboxylic acids is 1. The topological polar surface area (TPSA) is 89.4 Å². The molecule has 0 bridgehead atoms. The molecule has 0 unspecified atom stereocenters. The zero-order chi connectivity index (χ0) is 31.3. The molecule has 1 aliphatic heterocycles. The lowest BCUT2D eigenvalue weighted by Gasteiger charge is -2.30. The van der Waals surface area contributed by atoms with Crippen LogP contribution in [0.2, 0.25) is 0 Å². The number of carbonyl (C=O) groups is 1. The van der Waals surface area contributed by atoms with Crippen LogP contribution in [0, 0.1) is 0 Å². The fourth-order valence-corrected chi connectivity index (χ4v) is 5.35. The maximum Gasteiger partial charge on any atom is 0.252 e. The minimum absolute atomic E-state index is 0.0729. The molecule has 2 N–H and O–H groups in total. The molecule has 0 radical (unpaired) electrons. The summed E-state index contributed by atoms with van der Waals surface area (Å²) in [5.74, 6) is 1.55. The summed E-state index contributed by atoms with van der Waals surface area (Å²) in [7, 11) is 1.62. The fourth-order valence-electron chi connectivity index (χ4n) is 5.35. The molecular weight excluding hydrogens is 564 g/mol. The van der Waals surface area contributed by atoms with Gasteiger partial charge in [0.15, 0.2) is 11.6 Å². The zero-order valence-electron chi connectivity index (χ0n) is 25.6. The lowest BCUT2D eigenvalue weighted by atomic mass is 9.84. The Balaban J connectivity index is 1.47. The average Bonchev–Trinajstić information content (AvgIpc) is 3.49. The number of aliphatic hydroxyl groups is 1. The van der Waals surface area contributed by atoms with Crippen molar-refractivity contribution < 1.29 is 24.1 Å². The van der Waals surface area contributed by atoms with E-state index < -0.39 is 11.6 Å². The molecule has 7 nitrogen and oxygen atoms in total. The third kappa shape index (κ3) is 8.19. The van der Waals surface area contributed by atoms with E-state index in [9.17, 15) is 4.79 Å². The standard InChI is InChI=1S/C38H40N2O5/c1-43-34-19-8-18-32(28-34)35-38(24-9-16-29-12-4-2-5-13-29,37(42)39-25-10-17-30-14-6-3-7-15-30)40-36(45-35)31-20-22-33(23-21-31)44-27-11-26-41/h2-9,12-16,18-23,28,35,41H,10-11,17,24-27H2,1H3,(H,39,42)/b16-9+/t35-,38-/m1/s1. The number of rotatable bonds is 15. The number of nitrogens with zero attached hydrogens (tertiary/aromatic N) is 1. The number of methoxy groups -OCH3 is 1. The third-order valence-corrected chi connectivity index (χ3v) is 7.74. The Kier molecular flexibility index (Phi) is 11.0. The number of hydrogen-bond donors (Lipinski definition) is 2. The molecule has 0 aliphatic carbocycles. The first-order valence-corrected chi connectivity index (χ1v) is 15.4. The number of aryl methyl sites for hydroxylation is 1. The van der Waals surface area contributed by atoms with Crippen molar-refractivity contribution >= 4 is 17.9 Å². The number of nitrogens with one attached hydrogen (secondary N) is 1. The van der Waals surface area contributed by atoms with Gasteiger partial charge in [-0.25, -0.2) is 4.99 Å². The molecule has 5 rings (SSSR count). The molecule has 4 aromatic rings. The maximum atomic E-state index is 14.3. The number of hydrogen-bond acceptors (Lipinski definition) is 6. The fraction of sp³-hybridized carbons (Fsp3) is 0.263. The SMILES string of the molecule is COc1cccc([C@H]2OC(c3ccc(OCCCO)cc3)=N[C@@]2(C/C=C/c2ccccc2)C(=O)NCCCc2ccccc2)c1. The number of aliphatic hydroxyl groups excluding tert-OH is 1. The predicted molar refractivity (Wildman–Crippen MR) is 178 cm³/mol. The Bertz CT molecular complexity index is 1570. The van der Waals surface area contributed by atoms with Gasteiger partial charge in [0.1, 0.15) is 11.5 Å². The summed E-state index contributed by atoms with van der Waals surface area (Å²) in [6, 6.07) is 35.3. The van der Waals surface area contributed by atoms with Gasteiger partial charge in [-0.3, -0.25) is 4.79 Å². The van der Waals surface area contributed by atoms with Crippen LogP contribution < -0.4 is 14.8 Å². The van der Waals surface area contributed by atoms with Crippen molar-refractivity contribution in [2.75, 3.05) is 26.9 Å². The molecule has 232 valence electrons. The van der Waals surface area contributed by atoms with Gasteiger partial charge in [0.2, 0.25) is 5.90 Å². The van der Waals surface area contributed by atoms with Crippen LogP contribution in [0.4, 0.5) is 0 Å². The third-order valence-electron chi connectivity index (χ3n) is 7.74. The second-order valence-electron chi connectivity index (χ2n) is 10.9. The van der Waals surface area contributed by atoms with Gasteiger partial charge in [0.25, 0.3) is 5.91 Å². The molecule has 4 aromatic carbocycles. The van der Waals surface area contributed by atoms with Gasteiger partial charge in [-0.15, -0.1) is 0 Å². The van der Waals surface area contributed by atoms with Gasteiger partial charge in [0.05, 0.1) is 13.7 Å². The van der Waals surface area contributed by atoms with Crippen LogP contribution in [0.15, 0.2) is 120 Å². The Morgan fingerprint density at radius 3 is 2.42 bits per heavy atom. The predicted octanol–water partition coefficient (Wildman–Crippen LogP) is 6.57. The van der Waals surface area contributed by atoms with Crippen LogP contribution in [0.1, 0.15) is 47.6 Å². The summed E-state index contributed by atoms with van der Waals surface area (Å²) >= 11 is 0. The van der Waals surface area contributed by atoms with E-state index in [1.165, 1.54) is 5.56 Å². The normalized spacial score (nSPS) is 17.5. The van der Waals surface area contributed by atoms with Crippen molar-refractivity contribution in [1.29, 1.82) is 0 Å². The van der Waals surface area contributed by atoms with E-state index in [0.29, 0.717) is 43.4 Å². The Morgan fingerprint density at radius 1 is 0.933 bits per heavy atom. The van der Waals surface area contributed by atoms with Crippen LogP contribution in [-0.2, 0) is 16.0 Å². The highest BCUT2D eigenvalue weighted by Crippen LogP contribution is 2.43. The Hall–Kier alpha value is -4.88. The molecule has 1 aliphatic rings. The average molecular weight is 605 g/mol. The minimum Gasteiger partial charge on any atom is -0.497 e. The van der Waals surface area contributed by atoms with Gasteiger partial charge in [0, 0.05) is 31.6 Å². The van der Waals surface area contributed by atoms with Gasteiger partial charge >= 0.3 is 0 Å². The van der Waals surface area contributed by atoms with E-state index in [-0.39, 0.29) is 12.5 Å². The minimum atomic E-state index is -1.27. The molecule has 1 amide bonds. The maximum absolute atomic E-state index is 14.3. The summed E-state index contributed by atoms with van der Waals surface area (Å²) in [5.41, 5.74) is 2.53. The molecule has 7 heteroatoms. The van der Waals surface area contributed by atoms with Crippen molar-refractivity contribution in [2.45, 2.75) is 37.3 Å². The van der Waals surface area contributed by atoms with Crippen molar-refractivity contribution in [3.63, 3.8) is 0 Å². The highest BCUT2D eigenvalue weighted by atomic mass is 16.5. The van der Waals surface area contributed by atoms with Crippen LogP contribution >= 0.6 is 0 Å². The van der Waals surface area contributed by atoms with E-state index >= 15 is 0 Å². The summed E-state index contributed by atoms with van der Waals surface area (Å²) in [4.78, 5) is 19.4. The van der Waals surface area contributed by atoms with E-state index in [4.69, 9.17) is 24.3 Å². The molecular formula is C38H40N2O5. The summed E-state index contributed by atoms with van der Waals surface area (Å²) < 4.78 is 17.9. The van der Waals surface area contributed by atoms with Crippen molar-refractivity contribution in [3.8, 4) is 11.5 Å². The van der Waals surface area contributed by atoms with Gasteiger partial charge in [-0.2, -0.15) is 0 Å². The molecule has 0 saturated carbocycles. The van der Waals surface area contributed by atoms with Gasteiger partial charge in [-0.1, -0.05) is 84.9 Å². The van der Waals surface area contributed by atoms with Crippen LogP contribution in [0.25, 0.3) is 6.08 Å². The highest BCUT2D eigenvalue weighted by molar-refractivity contribution is 6.01. The van der Waals surface area contributed by atoms with E-state index in [0.717, 1.165) is 29.5 Å². The Morgan fingerprint density at radius 2 is 1.69 bits per heavy atom. The molecule has 0 fully saturated rings. The second kappa shape index (κ2) is 15.7. The summed E-state index contributed by atoms with van der Waals surface area (Å²) in [5, 5.41) is 12.3. The van der Waals surface area contributed by atoms with Crippen molar-refractivity contribution in [2.24, 2.45) is 4.99 Å². The van der Waals surface area contributed by atoms with Crippen molar-refractivity contribution in [1.82, 2.24) is 5.32 Å². The zero-order valence-corrected chi connectivity index (χ0v) is 25.6. The first kappa shape index (κ1) is 31.5. The molecule has 0 aromatic heterocycles. The first-order chi connectivity index (χ1) is 22.1. The van der Waals surface area contributed by atoms with E-state index in [2.05, 4.69) is 17.4 Å². The highest BCUT2D eigenvalue weighted by Gasteiger charge is 2.52. The van der Waals surface area contributed by atoms with Crippen molar-refractivity contribution in [3.05, 3.63) is 138 Å². The first-order valence-electron chi connectivity index (χ1n) is 15.4. The number of ether oxygens (including phenoxy) is 3. The molecule has 45 heavy (non-hydrogen) atoms. The largest absolute Gasteiger partial charge is 0.497 e. The lowest BCUT2D eigenvalue weighted by molar-refractivity contribution is -0.128. The number of amides is 1. The smallest absolute Gasteiger partial charge is 0.252 e. The summed E-state index contributed by atoms with van der Waals surface area (Å²) in [6.45, 7) is 1.00. The summed E-state index contributed by atoms with van der Waals surface area (Å²) in [6.07, 6.45) is 5.85. The Labute approximate surface area is 265 Å². The molecule has 2 atom stereocenters. The quantitative estimate of drug-likeness (QED) is 0.150. The van der Waals surface area contributed by atoms with Crippen LogP contribution in [-0.4, -0.2) is 49.3 Å². The van der Waals surface area contributed by atoms with Gasteiger partial charge < -0.3 is 24.6 Å². The van der Waals surface area contributed by atoms with E-state index in [1.54, 1.807) is 7.11 Å². The second-order valence-corrected chi connectivity index (χ2v) is 10.9. The lowest BCUT2D eigenvalue weighted by Crippen LogP contribution is -2.48. The molecule has 0 saturated heterocycles. The van der Waals surface area contributed by atoms with Crippen LogP contribution in [0.3, 0.4) is 0 Å². The monoisotopic (exact) mass is 604 g/mol. The number of aliphatic imine (C=N–C) groups is 1. The van der Waals surface area contributed by atoms with E-state index in [1.807, 2.05) is 109 Å². The number of benzene rings is 4.